The Morgan fingerprint density at radius 1 is 0.574 bits per heavy atom. The number of nitrogens with two attached hydrogens (primary N) is 2. The van der Waals surface area contributed by atoms with E-state index in [-0.39, 0.29) is 62.5 Å². The molecule has 298 valence electrons. The van der Waals surface area contributed by atoms with E-state index >= 15 is 0 Å². The summed E-state index contributed by atoms with van der Waals surface area (Å²) in [5.41, 5.74) is 26.8. The standard InChI is InChI=1S/C38H48N6O4S2.4ClH/c1-21-25(5-7-37(45)46)35-20-36-26(6-8-38(47)48)22(2)31(44-36)18-34-28(10-14-50-16-12-40)24(4)32(43-34)19-33-27(9-13-49-15-11-39)23(3)30(41-33)17-29(21)42-35;;;;/h17-20,42,44H,5-16,39-40H2,1-4H3,(H,45,46)(H,47,48);4*1H. The lowest BCUT2D eigenvalue weighted by atomic mass is 10.0. The van der Waals surface area contributed by atoms with Gasteiger partial charge in [0.1, 0.15) is 0 Å². The average Bonchev–Trinajstić information content (AvgIpc) is 3.73. The van der Waals surface area contributed by atoms with Crippen molar-refractivity contribution in [1.29, 1.82) is 0 Å². The Hall–Kier alpha value is -2.68. The van der Waals surface area contributed by atoms with Crippen molar-refractivity contribution in [2.24, 2.45) is 11.5 Å². The molecule has 5 rings (SSSR count). The quantitative estimate of drug-likeness (QED) is 0.0762. The van der Waals surface area contributed by atoms with Crippen molar-refractivity contribution in [3.8, 4) is 0 Å². The molecular weight excluding hydrogens is 810 g/mol. The number of thioether (sulfide) groups is 2. The molecule has 2 aliphatic rings. The molecule has 10 nitrogen and oxygen atoms in total. The summed E-state index contributed by atoms with van der Waals surface area (Å²) in [6.07, 6.45) is 2.35. The van der Waals surface area contributed by atoms with Gasteiger partial charge in [-0.2, -0.15) is 23.5 Å². The van der Waals surface area contributed by atoms with E-state index in [1.54, 1.807) is 0 Å². The van der Waals surface area contributed by atoms with E-state index in [4.69, 9.17) is 21.4 Å². The van der Waals surface area contributed by atoms with Crippen molar-refractivity contribution in [3.05, 3.63) is 69.3 Å². The van der Waals surface area contributed by atoms with Crippen LogP contribution in [0.5, 0.6) is 0 Å². The molecule has 0 amide bonds. The Kier molecular flexibility index (Phi) is 20.8. The molecule has 54 heavy (non-hydrogen) atoms. The van der Waals surface area contributed by atoms with Gasteiger partial charge in [0, 0.05) is 59.5 Å². The van der Waals surface area contributed by atoms with Gasteiger partial charge >= 0.3 is 11.9 Å². The number of allylic oxidation sites excluding steroid dienone is 4. The van der Waals surface area contributed by atoms with Gasteiger partial charge in [-0.05, 0) is 134 Å². The second-order valence-corrected chi connectivity index (χ2v) is 15.2. The van der Waals surface area contributed by atoms with Crippen LogP contribution in [0.3, 0.4) is 0 Å². The topological polar surface area (TPSA) is 184 Å². The molecule has 0 atom stereocenters. The second kappa shape index (κ2) is 22.8. The number of rotatable bonds is 16. The van der Waals surface area contributed by atoms with Gasteiger partial charge in [0.2, 0.25) is 0 Å². The highest BCUT2D eigenvalue weighted by Crippen LogP contribution is 2.38. The number of aryl methyl sites for hydroxylation is 4. The van der Waals surface area contributed by atoms with Gasteiger partial charge in [-0.15, -0.1) is 49.6 Å². The minimum Gasteiger partial charge on any atom is -0.481 e. The lowest BCUT2D eigenvalue weighted by molar-refractivity contribution is -0.138. The summed E-state index contributed by atoms with van der Waals surface area (Å²) in [5, 5.41) is 19.2. The van der Waals surface area contributed by atoms with Crippen LogP contribution in [-0.2, 0) is 22.4 Å². The number of fused-ring (bicyclic) bond motifs is 8. The van der Waals surface area contributed by atoms with Gasteiger partial charge in [-0.1, -0.05) is 0 Å². The molecule has 0 saturated carbocycles. The minimum absolute atomic E-state index is 0. The van der Waals surface area contributed by atoms with Crippen molar-refractivity contribution >= 4 is 129 Å². The lowest BCUT2D eigenvalue weighted by Gasteiger charge is -2.06. The predicted octanol–water partition coefficient (Wildman–Crippen LogP) is 8.68. The number of hydrogen-bond acceptors (Lipinski definition) is 8. The van der Waals surface area contributed by atoms with Crippen LogP contribution in [-0.4, -0.2) is 78.2 Å². The average molecular weight is 863 g/mol. The Morgan fingerprint density at radius 3 is 1.37 bits per heavy atom. The molecule has 0 unspecified atom stereocenters. The van der Waals surface area contributed by atoms with Gasteiger partial charge in [0.15, 0.2) is 0 Å². The Bertz CT molecular complexity index is 2030. The van der Waals surface area contributed by atoms with Crippen molar-refractivity contribution in [3.63, 3.8) is 0 Å². The molecule has 8 bridgehead atoms. The van der Waals surface area contributed by atoms with Crippen LogP contribution >= 0.6 is 73.2 Å². The fourth-order valence-corrected chi connectivity index (χ4v) is 8.11. The molecule has 8 N–H and O–H groups in total. The zero-order valence-corrected chi connectivity index (χ0v) is 35.9. The number of H-pyrrole nitrogens is 2. The summed E-state index contributed by atoms with van der Waals surface area (Å²) in [4.78, 5) is 41.0. The summed E-state index contributed by atoms with van der Waals surface area (Å²) >= 11 is 3.66. The van der Waals surface area contributed by atoms with Crippen LogP contribution in [0.15, 0.2) is 24.3 Å². The Morgan fingerprint density at radius 2 is 0.963 bits per heavy atom. The number of aliphatic carboxylic acids is 2. The summed E-state index contributed by atoms with van der Waals surface area (Å²) < 4.78 is 0. The van der Waals surface area contributed by atoms with Crippen molar-refractivity contribution in [2.75, 3.05) is 36.1 Å². The number of nitrogens with one attached hydrogen (secondary N) is 2. The highest BCUT2D eigenvalue weighted by molar-refractivity contribution is 7.99. The summed E-state index contributed by atoms with van der Waals surface area (Å²) in [7, 11) is 0. The number of carboxylic acid groups (broad SMARTS) is 2. The molecule has 0 fully saturated rings. The minimum atomic E-state index is -0.866. The number of aromatic nitrogens is 4. The van der Waals surface area contributed by atoms with Crippen LogP contribution in [0.1, 0.15) is 84.6 Å². The van der Waals surface area contributed by atoms with Crippen LogP contribution in [0.2, 0.25) is 0 Å². The second-order valence-electron chi connectivity index (χ2n) is 12.8. The fraction of sp³-hybridized carbons (Fsp3) is 0.421. The van der Waals surface area contributed by atoms with E-state index in [9.17, 15) is 19.8 Å². The molecule has 0 aromatic carbocycles. The van der Waals surface area contributed by atoms with Gasteiger partial charge in [-0.3, -0.25) is 9.59 Å². The first-order chi connectivity index (χ1) is 24.0. The van der Waals surface area contributed by atoms with E-state index in [1.165, 1.54) is 11.1 Å². The maximum atomic E-state index is 11.7. The van der Waals surface area contributed by atoms with Gasteiger partial charge in [-0.25, -0.2) is 9.97 Å². The van der Waals surface area contributed by atoms with Crippen molar-refractivity contribution in [2.45, 2.75) is 66.2 Å². The molecule has 16 heteroatoms. The Balaban J connectivity index is 0.00000364. The number of hydrogen-bond donors (Lipinski definition) is 6. The normalized spacial score (nSPS) is 12.1. The van der Waals surface area contributed by atoms with Crippen LogP contribution < -0.4 is 11.5 Å². The number of halogens is 4. The third-order valence-electron chi connectivity index (χ3n) is 9.50. The maximum absolute atomic E-state index is 11.7. The van der Waals surface area contributed by atoms with E-state index < -0.39 is 11.9 Å². The molecule has 3 aromatic heterocycles. The molecule has 0 radical (unpaired) electrons. The smallest absolute Gasteiger partial charge is 0.303 e. The van der Waals surface area contributed by atoms with Crippen LogP contribution in [0, 0.1) is 13.8 Å². The molecular formula is C38H52Cl4N6O4S2. The summed E-state index contributed by atoms with van der Waals surface area (Å²) in [6.45, 7) is 9.55. The lowest BCUT2D eigenvalue weighted by Crippen LogP contribution is -2.02. The summed E-state index contributed by atoms with van der Waals surface area (Å²) in [6, 6.07) is 8.26. The van der Waals surface area contributed by atoms with E-state index in [2.05, 4.69) is 42.0 Å². The molecule has 5 heterocycles. The van der Waals surface area contributed by atoms with Gasteiger partial charge < -0.3 is 31.6 Å². The first-order valence-corrected chi connectivity index (χ1v) is 19.5. The van der Waals surface area contributed by atoms with Gasteiger partial charge in [0.25, 0.3) is 0 Å². The number of nitrogens with zero attached hydrogens (tertiary/aromatic N) is 2. The monoisotopic (exact) mass is 860 g/mol. The highest BCUT2D eigenvalue weighted by atomic mass is 35.5. The third kappa shape index (κ3) is 11.7. The molecule has 0 spiro atoms. The van der Waals surface area contributed by atoms with Crippen molar-refractivity contribution < 1.29 is 19.8 Å². The number of carbonyl (C=O) groups is 2. The zero-order chi connectivity index (χ0) is 35.9. The van der Waals surface area contributed by atoms with Crippen molar-refractivity contribution in [1.82, 2.24) is 19.9 Å². The number of carboxylic acids is 2. The molecule has 0 saturated heterocycles. The van der Waals surface area contributed by atoms with E-state index in [1.807, 2.05) is 43.4 Å². The first kappa shape index (κ1) is 49.3. The third-order valence-corrected chi connectivity index (χ3v) is 11.5. The number of aromatic amines is 2. The maximum Gasteiger partial charge on any atom is 0.303 e. The first-order valence-electron chi connectivity index (χ1n) is 17.2. The molecule has 2 aliphatic heterocycles. The molecule has 0 aliphatic carbocycles. The molecule has 3 aromatic rings. The van der Waals surface area contributed by atoms with E-state index in [0.29, 0.717) is 25.9 Å². The summed E-state index contributed by atoms with van der Waals surface area (Å²) in [5.74, 6) is 1.91. The highest BCUT2D eigenvalue weighted by Gasteiger charge is 2.22. The van der Waals surface area contributed by atoms with Crippen LogP contribution in [0.25, 0.3) is 44.4 Å². The van der Waals surface area contributed by atoms with E-state index in [0.717, 1.165) is 114 Å². The van der Waals surface area contributed by atoms with Crippen LogP contribution in [0.4, 0.5) is 0 Å². The SMILES string of the molecule is CC1=C(CCSCCN)c2cc3nc(cc4[nH]c(cc5[nH]c(cc1n2)c(C)c5CCC(=O)O)c(CCC(=O)O)c4C)C(CCSCCN)=C3C.Cl.Cl.Cl.Cl. The largest absolute Gasteiger partial charge is 0.481 e. The predicted molar refractivity (Wildman–Crippen MR) is 238 cm³/mol. The fourth-order valence-electron chi connectivity index (χ4n) is 6.67. The van der Waals surface area contributed by atoms with Gasteiger partial charge in [0.05, 0.1) is 22.8 Å². The Labute approximate surface area is 350 Å². The zero-order valence-electron chi connectivity index (χ0n) is 31.0.